The Morgan fingerprint density at radius 2 is 1.77 bits per heavy atom. The first-order chi connectivity index (χ1) is 14.4. The normalized spacial score (nSPS) is 15.7. The molecule has 0 aliphatic carbocycles. The maximum absolute atomic E-state index is 13.2. The van der Waals surface area contributed by atoms with Crippen LogP contribution in [0.4, 0.5) is 0 Å². The van der Waals surface area contributed by atoms with E-state index in [1.54, 1.807) is 42.3 Å². The van der Waals surface area contributed by atoms with E-state index in [-0.39, 0.29) is 5.91 Å². The highest BCUT2D eigenvalue weighted by atomic mass is 35.5. The SMILES string of the molecule is COCCCN1C(=O)c2[nH]nc(-c3ccc(Cl)cc3Cl)c2C1c1ccc(Cl)cc1Cl. The van der Waals surface area contributed by atoms with E-state index in [4.69, 9.17) is 51.1 Å². The summed E-state index contributed by atoms with van der Waals surface area (Å²) in [5, 5.41) is 9.26. The number of nitrogens with one attached hydrogen (secondary N) is 1. The molecule has 0 spiro atoms. The Labute approximate surface area is 193 Å². The van der Waals surface area contributed by atoms with Gasteiger partial charge in [0, 0.05) is 46.5 Å². The van der Waals surface area contributed by atoms with Gasteiger partial charge in [-0.05, 0) is 42.3 Å². The molecule has 1 unspecified atom stereocenters. The number of nitrogens with zero attached hydrogens (tertiary/aromatic N) is 2. The van der Waals surface area contributed by atoms with Crippen molar-refractivity contribution in [2.24, 2.45) is 0 Å². The van der Waals surface area contributed by atoms with Crippen molar-refractivity contribution in [2.45, 2.75) is 12.5 Å². The third-order valence-corrected chi connectivity index (χ3v) is 6.16. The number of benzene rings is 2. The number of hydrogen-bond acceptors (Lipinski definition) is 3. The summed E-state index contributed by atoms with van der Waals surface area (Å²) in [5.41, 5.74) is 3.18. The lowest BCUT2D eigenvalue weighted by molar-refractivity contribution is 0.0723. The minimum atomic E-state index is -0.436. The molecule has 0 radical (unpaired) electrons. The number of carbonyl (C=O) groups is 1. The summed E-state index contributed by atoms with van der Waals surface area (Å²) in [6.07, 6.45) is 0.679. The fourth-order valence-electron chi connectivity index (χ4n) is 3.74. The zero-order valence-corrected chi connectivity index (χ0v) is 18.9. The summed E-state index contributed by atoms with van der Waals surface area (Å²) in [5.74, 6) is -0.152. The van der Waals surface area contributed by atoms with Crippen molar-refractivity contribution in [1.29, 1.82) is 0 Å². The number of fused-ring (bicyclic) bond motifs is 1. The maximum Gasteiger partial charge on any atom is 0.273 e. The topological polar surface area (TPSA) is 58.2 Å². The van der Waals surface area contributed by atoms with Gasteiger partial charge in [0.25, 0.3) is 5.91 Å². The average molecular weight is 485 g/mol. The molecule has 1 aliphatic rings. The highest BCUT2D eigenvalue weighted by Crippen LogP contribution is 2.46. The third-order valence-electron chi connectivity index (χ3n) is 5.05. The molecule has 2 heterocycles. The van der Waals surface area contributed by atoms with Crippen molar-refractivity contribution in [3.63, 3.8) is 0 Å². The Morgan fingerprint density at radius 1 is 1.07 bits per heavy atom. The minimum absolute atomic E-state index is 0.152. The zero-order valence-electron chi connectivity index (χ0n) is 15.9. The number of hydrogen-bond donors (Lipinski definition) is 1. The number of rotatable bonds is 6. The van der Waals surface area contributed by atoms with Crippen LogP contribution < -0.4 is 0 Å². The van der Waals surface area contributed by atoms with Gasteiger partial charge < -0.3 is 9.64 Å². The molecule has 1 amide bonds. The lowest BCUT2D eigenvalue weighted by Crippen LogP contribution is -2.31. The first-order valence-electron chi connectivity index (χ1n) is 9.21. The van der Waals surface area contributed by atoms with Crippen LogP contribution in [0.3, 0.4) is 0 Å². The third kappa shape index (κ3) is 3.81. The summed E-state index contributed by atoms with van der Waals surface area (Å²) in [6.45, 7) is 1.03. The molecule has 30 heavy (non-hydrogen) atoms. The van der Waals surface area contributed by atoms with Crippen LogP contribution in [0.2, 0.25) is 20.1 Å². The van der Waals surface area contributed by atoms with Gasteiger partial charge in [0.1, 0.15) is 11.4 Å². The zero-order chi connectivity index (χ0) is 21.4. The van der Waals surface area contributed by atoms with Gasteiger partial charge in [0.05, 0.1) is 11.1 Å². The number of H-pyrrole nitrogens is 1. The molecule has 2 aromatic carbocycles. The molecule has 5 nitrogen and oxygen atoms in total. The molecular weight excluding hydrogens is 468 g/mol. The molecule has 0 saturated heterocycles. The summed E-state index contributed by atoms with van der Waals surface area (Å²) in [4.78, 5) is 15.0. The summed E-state index contributed by atoms with van der Waals surface area (Å²) in [7, 11) is 1.63. The summed E-state index contributed by atoms with van der Waals surface area (Å²) >= 11 is 25.2. The predicted molar refractivity (Wildman–Crippen MR) is 120 cm³/mol. The fourth-order valence-corrected chi connectivity index (χ4v) is 4.75. The molecule has 1 N–H and O–H groups in total. The Hall–Kier alpha value is -1.76. The monoisotopic (exact) mass is 483 g/mol. The Bertz CT molecular complexity index is 1120. The van der Waals surface area contributed by atoms with Crippen molar-refractivity contribution >= 4 is 52.3 Å². The molecule has 156 valence electrons. The minimum Gasteiger partial charge on any atom is -0.385 e. The molecule has 9 heteroatoms. The second-order valence-corrected chi connectivity index (χ2v) is 8.59. The van der Waals surface area contributed by atoms with Crippen molar-refractivity contribution in [2.75, 3.05) is 20.3 Å². The molecule has 3 aromatic rings. The molecule has 1 aromatic heterocycles. The molecular formula is C21H17Cl4N3O2. The Morgan fingerprint density at radius 3 is 2.43 bits per heavy atom. The van der Waals surface area contributed by atoms with Gasteiger partial charge >= 0.3 is 0 Å². The van der Waals surface area contributed by atoms with E-state index in [0.717, 1.165) is 11.1 Å². The largest absolute Gasteiger partial charge is 0.385 e. The van der Waals surface area contributed by atoms with E-state index in [1.807, 2.05) is 6.07 Å². The van der Waals surface area contributed by atoms with E-state index >= 15 is 0 Å². The highest BCUT2D eigenvalue weighted by molar-refractivity contribution is 6.36. The van der Waals surface area contributed by atoms with Gasteiger partial charge in [-0.15, -0.1) is 0 Å². The van der Waals surface area contributed by atoms with Crippen molar-refractivity contribution in [3.8, 4) is 11.3 Å². The van der Waals surface area contributed by atoms with E-state index in [2.05, 4.69) is 10.2 Å². The summed E-state index contributed by atoms with van der Waals surface area (Å²) in [6, 6.07) is 10.0. The highest BCUT2D eigenvalue weighted by Gasteiger charge is 2.42. The number of halogens is 4. The average Bonchev–Trinajstić information content (AvgIpc) is 3.22. The van der Waals surface area contributed by atoms with Crippen LogP contribution in [0.15, 0.2) is 36.4 Å². The molecule has 1 atom stereocenters. The van der Waals surface area contributed by atoms with Crippen LogP contribution in [0.5, 0.6) is 0 Å². The maximum atomic E-state index is 13.2. The summed E-state index contributed by atoms with van der Waals surface area (Å²) < 4.78 is 5.16. The van der Waals surface area contributed by atoms with Gasteiger partial charge in [-0.2, -0.15) is 5.10 Å². The second kappa shape index (κ2) is 8.77. The lowest BCUT2D eigenvalue weighted by Gasteiger charge is -2.27. The first kappa shape index (κ1) is 21.5. The quantitative estimate of drug-likeness (QED) is 0.419. The van der Waals surface area contributed by atoms with Gasteiger partial charge in [0.15, 0.2) is 0 Å². The molecule has 0 bridgehead atoms. The first-order valence-corrected chi connectivity index (χ1v) is 10.7. The van der Waals surface area contributed by atoms with Crippen molar-refractivity contribution < 1.29 is 9.53 Å². The van der Waals surface area contributed by atoms with E-state index in [9.17, 15) is 4.79 Å². The number of aromatic nitrogens is 2. The number of aromatic amines is 1. The molecule has 0 fully saturated rings. The van der Waals surface area contributed by atoms with Gasteiger partial charge in [0.2, 0.25) is 0 Å². The van der Waals surface area contributed by atoms with Crippen LogP contribution in [0.25, 0.3) is 11.3 Å². The van der Waals surface area contributed by atoms with E-state index < -0.39 is 6.04 Å². The number of carbonyl (C=O) groups excluding carboxylic acids is 1. The number of methoxy groups -OCH3 is 1. The predicted octanol–water partition coefficient (Wildman–Crippen LogP) is 6.27. The standard InChI is InChI=1S/C21H17Cl4N3O2/c1-30-8-2-7-28-20(14-6-4-12(23)10-16(14)25)17-18(26-27-19(17)21(28)29)13-5-3-11(22)9-15(13)24/h3-6,9-10,20H,2,7-8H2,1H3,(H,26,27). The second-order valence-electron chi connectivity index (χ2n) is 6.90. The van der Waals surface area contributed by atoms with Crippen LogP contribution in [-0.4, -0.2) is 41.3 Å². The van der Waals surface area contributed by atoms with Gasteiger partial charge in [-0.1, -0.05) is 52.5 Å². The smallest absolute Gasteiger partial charge is 0.273 e. The fraction of sp³-hybridized carbons (Fsp3) is 0.238. The van der Waals surface area contributed by atoms with Crippen molar-refractivity contribution in [3.05, 3.63) is 73.3 Å². The molecule has 1 aliphatic heterocycles. The van der Waals surface area contributed by atoms with Crippen LogP contribution >= 0.6 is 46.4 Å². The Kier molecular flexibility index (Phi) is 6.28. The van der Waals surface area contributed by atoms with Gasteiger partial charge in [-0.25, -0.2) is 0 Å². The van der Waals surface area contributed by atoms with Crippen LogP contribution in [0.1, 0.15) is 34.1 Å². The molecule has 0 saturated carbocycles. The molecule has 4 rings (SSSR count). The lowest BCUT2D eigenvalue weighted by atomic mass is 9.96. The van der Waals surface area contributed by atoms with Crippen LogP contribution in [0, 0.1) is 0 Å². The van der Waals surface area contributed by atoms with E-state index in [1.165, 1.54) is 0 Å². The van der Waals surface area contributed by atoms with Crippen LogP contribution in [-0.2, 0) is 4.74 Å². The van der Waals surface area contributed by atoms with Gasteiger partial charge in [-0.3, -0.25) is 9.89 Å². The Balaban J connectivity index is 1.87. The number of ether oxygens (including phenoxy) is 1. The number of amides is 1. The van der Waals surface area contributed by atoms with Crippen molar-refractivity contribution in [1.82, 2.24) is 15.1 Å². The van der Waals surface area contributed by atoms with E-state index in [0.29, 0.717) is 56.6 Å².